The van der Waals surface area contributed by atoms with Gasteiger partial charge in [-0.15, -0.1) is 5.10 Å². The molecule has 106 valence electrons. The summed E-state index contributed by atoms with van der Waals surface area (Å²) in [6.07, 6.45) is 3.53. The second-order valence-electron chi connectivity index (χ2n) is 4.70. The molecule has 0 bridgehead atoms. The number of aromatic amines is 1. The van der Waals surface area contributed by atoms with E-state index in [0.717, 1.165) is 5.69 Å². The molecule has 0 radical (unpaired) electrons. The van der Waals surface area contributed by atoms with Gasteiger partial charge in [0, 0.05) is 6.20 Å². The summed E-state index contributed by atoms with van der Waals surface area (Å²) in [7, 11) is 0. The van der Waals surface area contributed by atoms with Gasteiger partial charge in [0.2, 0.25) is 0 Å². The fraction of sp³-hybridized carbons (Fsp3) is 0.133. The second-order valence-corrected chi connectivity index (χ2v) is 4.70. The van der Waals surface area contributed by atoms with Crippen LogP contribution in [0.4, 0.5) is 0 Å². The highest BCUT2D eigenvalue weighted by Gasteiger charge is 2.15. The maximum Gasteiger partial charge on any atom is 0.268 e. The van der Waals surface area contributed by atoms with Crippen molar-refractivity contribution in [3.63, 3.8) is 0 Å². The molecule has 3 aromatic rings. The van der Waals surface area contributed by atoms with E-state index in [1.807, 2.05) is 43.5 Å². The van der Waals surface area contributed by atoms with Crippen molar-refractivity contribution in [1.82, 2.24) is 25.3 Å². The van der Waals surface area contributed by atoms with Gasteiger partial charge in [0.25, 0.3) is 5.91 Å². The van der Waals surface area contributed by atoms with Gasteiger partial charge in [-0.25, -0.2) is 4.68 Å². The van der Waals surface area contributed by atoms with Crippen LogP contribution < -0.4 is 5.32 Å². The summed E-state index contributed by atoms with van der Waals surface area (Å²) in [6, 6.07) is 13.0. The minimum absolute atomic E-state index is 0.165. The highest BCUT2D eigenvalue weighted by Crippen LogP contribution is 2.12. The molecule has 0 aliphatic rings. The molecule has 0 fully saturated rings. The maximum absolute atomic E-state index is 12.0. The third-order valence-electron chi connectivity index (χ3n) is 3.17. The zero-order valence-corrected chi connectivity index (χ0v) is 11.5. The number of para-hydroxylation sites is 1. The number of H-pyrrole nitrogens is 1. The van der Waals surface area contributed by atoms with Crippen LogP contribution in [0.2, 0.25) is 0 Å². The zero-order valence-electron chi connectivity index (χ0n) is 11.5. The number of benzene rings is 1. The first-order valence-electron chi connectivity index (χ1n) is 6.66. The van der Waals surface area contributed by atoms with Crippen LogP contribution in [0.15, 0.2) is 54.9 Å². The van der Waals surface area contributed by atoms with Gasteiger partial charge in [0.15, 0.2) is 0 Å². The Balaban J connectivity index is 1.73. The number of nitrogens with one attached hydrogen (secondary N) is 2. The summed E-state index contributed by atoms with van der Waals surface area (Å²) in [6.45, 7) is 1.88. The molecule has 0 saturated heterocycles. The first-order chi connectivity index (χ1) is 10.2. The molecule has 0 saturated carbocycles. The molecule has 1 atom stereocenters. The standard InChI is InChI=1S/C15H15N5O/c1-11(17-15(21)13-8-5-9-16-13)14-10-20(19-18-14)12-6-3-2-4-7-12/h2-11,16H,1H3,(H,17,21). The molecule has 2 N–H and O–H groups in total. The van der Waals surface area contributed by atoms with Crippen molar-refractivity contribution in [2.24, 2.45) is 0 Å². The third kappa shape index (κ3) is 2.84. The number of aromatic nitrogens is 4. The van der Waals surface area contributed by atoms with Gasteiger partial charge in [-0.1, -0.05) is 23.4 Å². The lowest BCUT2D eigenvalue weighted by molar-refractivity contribution is 0.0934. The summed E-state index contributed by atoms with van der Waals surface area (Å²) >= 11 is 0. The van der Waals surface area contributed by atoms with Gasteiger partial charge in [-0.2, -0.15) is 0 Å². The monoisotopic (exact) mass is 281 g/mol. The van der Waals surface area contributed by atoms with Crippen molar-refractivity contribution in [2.45, 2.75) is 13.0 Å². The molecule has 6 nitrogen and oxygen atoms in total. The number of nitrogens with zero attached hydrogens (tertiary/aromatic N) is 3. The Kier molecular flexibility index (Phi) is 3.51. The van der Waals surface area contributed by atoms with E-state index >= 15 is 0 Å². The topological polar surface area (TPSA) is 75.6 Å². The molecule has 6 heteroatoms. The normalized spacial score (nSPS) is 12.0. The van der Waals surface area contributed by atoms with E-state index in [0.29, 0.717) is 11.4 Å². The Morgan fingerprint density at radius 3 is 2.76 bits per heavy atom. The van der Waals surface area contributed by atoms with Crippen LogP contribution in [0, 0.1) is 0 Å². The Hall–Kier alpha value is -2.89. The van der Waals surface area contributed by atoms with Gasteiger partial charge in [0.1, 0.15) is 11.4 Å². The number of hydrogen-bond donors (Lipinski definition) is 2. The second kappa shape index (κ2) is 5.62. The van der Waals surface area contributed by atoms with Crippen LogP contribution in [0.5, 0.6) is 0 Å². The maximum atomic E-state index is 12.0. The van der Waals surface area contributed by atoms with Crippen LogP contribution in [0.3, 0.4) is 0 Å². The Bertz CT molecular complexity index is 718. The Morgan fingerprint density at radius 2 is 2.05 bits per heavy atom. The van der Waals surface area contributed by atoms with Gasteiger partial charge >= 0.3 is 0 Å². The average Bonchev–Trinajstić information content (AvgIpc) is 3.20. The number of carbonyl (C=O) groups is 1. The van der Waals surface area contributed by atoms with Crippen LogP contribution in [-0.2, 0) is 0 Å². The smallest absolute Gasteiger partial charge is 0.268 e. The highest BCUT2D eigenvalue weighted by atomic mass is 16.1. The molecule has 1 amide bonds. The van der Waals surface area contributed by atoms with Crippen molar-refractivity contribution in [3.05, 3.63) is 66.2 Å². The van der Waals surface area contributed by atoms with Gasteiger partial charge in [-0.3, -0.25) is 4.79 Å². The Labute approximate surface area is 121 Å². The number of rotatable bonds is 4. The molecule has 2 aromatic heterocycles. The van der Waals surface area contributed by atoms with E-state index in [-0.39, 0.29) is 11.9 Å². The number of hydrogen-bond acceptors (Lipinski definition) is 3. The predicted octanol–water partition coefficient (Wildman–Crippen LogP) is 2.09. The summed E-state index contributed by atoms with van der Waals surface area (Å²) in [5, 5.41) is 11.1. The van der Waals surface area contributed by atoms with E-state index in [4.69, 9.17) is 0 Å². The largest absolute Gasteiger partial charge is 0.357 e. The summed E-state index contributed by atoms with van der Waals surface area (Å²) in [5.74, 6) is -0.165. The summed E-state index contributed by atoms with van der Waals surface area (Å²) in [5.41, 5.74) is 2.16. The molecular formula is C15H15N5O. The highest BCUT2D eigenvalue weighted by molar-refractivity contribution is 5.92. The molecule has 0 aliphatic heterocycles. The van der Waals surface area contributed by atoms with Crippen LogP contribution in [0.25, 0.3) is 5.69 Å². The van der Waals surface area contributed by atoms with E-state index in [1.165, 1.54) is 0 Å². The number of amides is 1. The average molecular weight is 281 g/mol. The molecule has 0 aliphatic carbocycles. The van der Waals surface area contributed by atoms with E-state index < -0.39 is 0 Å². The zero-order chi connectivity index (χ0) is 14.7. The van der Waals surface area contributed by atoms with E-state index in [1.54, 1.807) is 23.0 Å². The van der Waals surface area contributed by atoms with Crippen molar-refractivity contribution >= 4 is 5.91 Å². The SMILES string of the molecule is CC(NC(=O)c1ccc[nH]1)c1cn(-c2ccccc2)nn1. The first kappa shape index (κ1) is 13.1. The molecule has 21 heavy (non-hydrogen) atoms. The minimum Gasteiger partial charge on any atom is -0.357 e. The Morgan fingerprint density at radius 1 is 1.24 bits per heavy atom. The van der Waals surface area contributed by atoms with Crippen molar-refractivity contribution < 1.29 is 4.79 Å². The lowest BCUT2D eigenvalue weighted by Gasteiger charge is -2.09. The molecule has 0 spiro atoms. The predicted molar refractivity (Wildman–Crippen MR) is 78.0 cm³/mol. The van der Waals surface area contributed by atoms with Gasteiger partial charge in [0.05, 0.1) is 17.9 Å². The lowest BCUT2D eigenvalue weighted by atomic mass is 10.2. The molecule has 1 unspecified atom stereocenters. The van der Waals surface area contributed by atoms with Crippen molar-refractivity contribution in [3.8, 4) is 5.69 Å². The van der Waals surface area contributed by atoms with Crippen LogP contribution in [-0.4, -0.2) is 25.9 Å². The molecule has 1 aromatic carbocycles. The van der Waals surface area contributed by atoms with Gasteiger partial charge in [-0.05, 0) is 31.2 Å². The van der Waals surface area contributed by atoms with Crippen LogP contribution >= 0.6 is 0 Å². The van der Waals surface area contributed by atoms with E-state index in [2.05, 4.69) is 20.6 Å². The minimum atomic E-state index is -0.224. The number of carbonyl (C=O) groups excluding carboxylic acids is 1. The lowest BCUT2D eigenvalue weighted by Crippen LogP contribution is -2.27. The van der Waals surface area contributed by atoms with Crippen LogP contribution in [0.1, 0.15) is 29.1 Å². The summed E-state index contributed by atoms with van der Waals surface area (Å²) < 4.78 is 1.69. The first-order valence-corrected chi connectivity index (χ1v) is 6.66. The third-order valence-corrected chi connectivity index (χ3v) is 3.17. The van der Waals surface area contributed by atoms with Crippen molar-refractivity contribution in [2.75, 3.05) is 0 Å². The fourth-order valence-electron chi connectivity index (χ4n) is 2.00. The summed E-state index contributed by atoms with van der Waals surface area (Å²) in [4.78, 5) is 14.8. The molecule has 2 heterocycles. The van der Waals surface area contributed by atoms with Crippen molar-refractivity contribution in [1.29, 1.82) is 0 Å². The quantitative estimate of drug-likeness (QED) is 0.769. The fourth-order valence-corrected chi connectivity index (χ4v) is 2.00. The molecular weight excluding hydrogens is 266 g/mol. The molecule has 3 rings (SSSR count). The van der Waals surface area contributed by atoms with Gasteiger partial charge < -0.3 is 10.3 Å². The van der Waals surface area contributed by atoms with E-state index in [9.17, 15) is 4.79 Å².